The Morgan fingerprint density at radius 2 is 0.833 bits per heavy atom. The van der Waals surface area contributed by atoms with E-state index in [-0.39, 0.29) is 23.7 Å². The fourth-order valence-corrected chi connectivity index (χ4v) is 0. The van der Waals surface area contributed by atoms with Crippen molar-refractivity contribution in [3.63, 3.8) is 0 Å². The number of hydrogen-bond acceptors (Lipinski definition) is 0. The summed E-state index contributed by atoms with van der Waals surface area (Å²) in [6, 6.07) is 0. The Bertz CT molecular complexity index is 55.6. The Morgan fingerprint density at radius 1 is 0.667 bits per heavy atom. The summed E-state index contributed by atoms with van der Waals surface area (Å²) in [5, 5.41) is 0. The minimum absolute atomic E-state index is 0.296. The molecule has 0 saturated carbocycles. The van der Waals surface area contributed by atoms with Crippen LogP contribution in [0.4, 0.5) is 0 Å². The van der Waals surface area contributed by atoms with E-state index in [0.717, 1.165) is 0 Å². The van der Waals surface area contributed by atoms with E-state index >= 15 is 0 Å². The molecule has 0 N–H and O–H groups in total. The first kappa shape index (κ1) is 7.09. The van der Waals surface area contributed by atoms with Crippen molar-refractivity contribution in [2.75, 3.05) is 0 Å². The Labute approximate surface area is 46.8 Å². The van der Waals surface area contributed by atoms with Gasteiger partial charge in [-0.15, -0.1) is 0 Å². The molecule has 0 aromatic carbocycles. The van der Waals surface area contributed by atoms with E-state index in [1.165, 1.54) is 0 Å². The molecule has 0 aromatic heterocycles. The van der Waals surface area contributed by atoms with E-state index in [0.29, 0.717) is 0 Å². The van der Waals surface area contributed by atoms with Crippen LogP contribution in [0.15, 0.2) is 0 Å². The first-order valence-electron chi connectivity index (χ1n) is 2.25. The molecule has 0 aliphatic carbocycles. The maximum absolute atomic E-state index is 2.48. The molecule has 2 heteroatoms. The Hall–Kier alpha value is 1.09. The van der Waals surface area contributed by atoms with Gasteiger partial charge in [-0.05, 0) is 0 Å². The van der Waals surface area contributed by atoms with Gasteiger partial charge in [-0.25, -0.2) is 0 Å². The molecule has 0 spiro atoms. The SMILES string of the molecule is [CH3][Ge]([CH3])=[Ge]([CH3])[CH3]. The van der Waals surface area contributed by atoms with Gasteiger partial charge in [0, 0.05) is 0 Å². The van der Waals surface area contributed by atoms with Crippen LogP contribution in [0, 0.1) is 0 Å². The molecular formula is C4H12Ge2. The van der Waals surface area contributed by atoms with Gasteiger partial charge in [0.05, 0.1) is 0 Å². The third-order valence-corrected chi connectivity index (χ3v) is 27.0. The van der Waals surface area contributed by atoms with Gasteiger partial charge in [0.15, 0.2) is 0 Å². The van der Waals surface area contributed by atoms with Crippen LogP contribution < -0.4 is 0 Å². The molecule has 0 aromatic rings. The zero-order valence-electron chi connectivity index (χ0n) is 5.00. The van der Waals surface area contributed by atoms with Gasteiger partial charge < -0.3 is 0 Å². The van der Waals surface area contributed by atoms with Crippen LogP contribution in [0.1, 0.15) is 0 Å². The molecule has 36 valence electrons. The van der Waals surface area contributed by atoms with E-state index in [1.807, 2.05) is 0 Å². The monoisotopic (exact) mass is 208 g/mol. The zero-order valence-corrected chi connectivity index (χ0v) is 9.20. The summed E-state index contributed by atoms with van der Waals surface area (Å²) >= 11 is -0.593. The van der Waals surface area contributed by atoms with Gasteiger partial charge in [-0.1, -0.05) is 0 Å². The first-order valence-corrected chi connectivity index (χ1v) is 17.1. The van der Waals surface area contributed by atoms with Crippen molar-refractivity contribution in [1.29, 1.82) is 0 Å². The van der Waals surface area contributed by atoms with Crippen molar-refractivity contribution >= 4 is 23.7 Å². The molecule has 0 fully saturated rings. The third kappa shape index (κ3) is 3.28. The van der Waals surface area contributed by atoms with Crippen molar-refractivity contribution in [3.8, 4) is 0 Å². The topological polar surface area (TPSA) is 0 Å². The van der Waals surface area contributed by atoms with Gasteiger partial charge in [-0.2, -0.15) is 0 Å². The molecule has 0 atom stereocenters. The summed E-state index contributed by atoms with van der Waals surface area (Å²) < 4.78 is 0. The molecule has 0 saturated heterocycles. The van der Waals surface area contributed by atoms with Gasteiger partial charge in [0.2, 0.25) is 0 Å². The summed E-state index contributed by atoms with van der Waals surface area (Å²) in [4.78, 5) is 0. The van der Waals surface area contributed by atoms with E-state index in [4.69, 9.17) is 0 Å². The average Bonchev–Trinajstić information content (AvgIpc) is 1.36. The predicted octanol–water partition coefficient (Wildman–Crippen LogP) is 1.57. The van der Waals surface area contributed by atoms with Crippen LogP contribution in [0.5, 0.6) is 0 Å². The summed E-state index contributed by atoms with van der Waals surface area (Å²) in [5.41, 5.74) is 0. The van der Waals surface area contributed by atoms with Crippen LogP contribution >= 0.6 is 0 Å². The average molecular weight is 205 g/mol. The third-order valence-electron chi connectivity index (χ3n) is 1.00. The van der Waals surface area contributed by atoms with Crippen molar-refractivity contribution in [2.24, 2.45) is 0 Å². The molecule has 6 heavy (non-hydrogen) atoms. The van der Waals surface area contributed by atoms with Gasteiger partial charge in [0.25, 0.3) is 0 Å². The van der Waals surface area contributed by atoms with E-state index in [1.54, 1.807) is 0 Å². The Balaban J connectivity index is 3.68. The minimum atomic E-state index is -0.296. The van der Waals surface area contributed by atoms with Crippen LogP contribution in [0.3, 0.4) is 0 Å². The summed E-state index contributed by atoms with van der Waals surface area (Å²) in [5.74, 6) is 9.93. The van der Waals surface area contributed by atoms with E-state index in [2.05, 4.69) is 23.0 Å². The van der Waals surface area contributed by atoms with Crippen LogP contribution in [0.2, 0.25) is 23.0 Å². The van der Waals surface area contributed by atoms with Crippen molar-refractivity contribution < 1.29 is 0 Å². The van der Waals surface area contributed by atoms with Crippen LogP contribution in [-0.4, -0.2) is 23.7 Å². The molecule has 0 bridgehead atoms. The molecule has 0 heterocycles. The first-order chi connectivity index (χ1) is 2.64. The summed E-state index contributed by atoms with van der Waals surface area (Å²) in [7, 11) is 0. The molecule has 0 amide bonds. The molecule has 0 radical (unpaired) electrons. The van der Waals surface area contributed by atoms with Crippen molar-refractivity contribution in [1.82, 2.24) is 0 Å². The zero-order chi connectivity index (χ0) is 5.15. The second-order valence-electron chi connectivity index (χ2n) is 2.00. The Kier molecular flexibility index (Phi) is 3.70. The predicted molar refractivity (Wildman–Crippen MR) is 35.0 cm³/mol. The maximum atomic E-state index is 2.48. The standard InChI is InChI=1S/C4H12Ge2/c1-5(2)6(3)4/h1-4H3. The fraction of sp³-hybridized carbons (Fsp3) is 1.00. The van der Waals surface area contributed by atoms with Crippen molar-refractivity contribution in [3.05, 3.63) is 0 Å². The summed E-state index contributed by atoms with van der Waals surface area (Å²) in [6.45, 7) is 0. The molecule has 0 nitrogen and oxygen atoms in total. The van der Waals surface area contributed by atoms with Crippen molar-refractivity contribution in [2.45, 2.75) is 23.0 Å². The van der Waals surface area contributed by atoms with Crippen LogP contribution in [-0.2, 0) is 0 Å². The van der Waals surface area contributed by atoms with E-state index in [9.17, 15) is 0 Å². The second-order valence-corrected chi connectivity index (χ2v) is 32.2. The van der Waals surface area contributed by atoms with Gasteiger partial charge in [0.1, 0.15) is 0 Å². The molecule has 0 aliphatic heterocycles. The summed E-state index contributed by atoms with van der Waals surface area (Å²) in [6.07, 6.45) is 0. The molecule has 0 rings (SSSR count). The fourth-order valence-electron chi connectivity index (χ4n) is 0. The van der Waals surface area contributed by atoms with E-state index < -0.39 is 0 Å². The van der Waals surface area contributed by atoms with Gasteiger partial charge >= 0.3 is 46.7 Å². The number of rotatable bonds is 0. The second kappa shape index (κ2) is 3.14. The van der Waals surface area contributed by atoms with Crippen LogP contribution in [0.25, 0.3) is 0 Å². The quantitative estimate of drug-likeness (QED) is 0.527. The number of hydrogen-bond donors (Lipinski definition) is 0. The molecular weight excluding hydrogens is 193 g/mol. The van der Waals surface area contributed by atoms with Gasteiger partial charge in [-0.3, -0.25) is 0 Å². The Morgan fingerprint density at radius 3 is 0.833 bits per heavy atom. The molecule has 0 unspecified atom stereocenters. The molecule has 0 aliphatic rings. The normalized spacial score (nSPS) is 8.00.